The van der Waals surface area contributed by atoms with E-state index < -0.39 is 12.6 Å². The monoisotopic (exact) mass is 360 g/mol. The molecule has 0 amide bonds. The van der Waals surface area contributed by atoms with E-state index >= 15 is 0 Å². The van der Waals surface area contributed by atoms with Crippen LogP contribution in [0.2, 0.25) is 0 Å². The van der Waals surface area contributed by atoms with Crippen LogP contribution in [-0.2, 0) is 6.61 Å². The molecule has 0 bridgehead atoms. The highest BCUT2D eigenvalue weighted by molar-refractivity contribution is 7.17. The fraction of sp³-hybridized carbons (Fsp3) is 0.167. The minimum absolute atomic E-state index is 0.0109. The average molecular weight is 360 g/mol. The van der Waals surface area contributed by atoms with Crippen molar-refractivity contribution in [2.75, 3.05) is 14.2 Å². The minimum atomic E-state index is -1.22. The second kappa shape index (κ2) is 6.62. The van der Waals surface area contributed by atoms with Gasteiger partial charge < -0.3 is 24.8 Å². The lowest BCUT2D eigenvalue weighted by Gasteiger charge is -2.16. The Balaban J connectivity index is 2.43. The first kappa shape index (κ1) is 17.1. The largest absolute Gasteiger partial charge is 0.507 e. The molecule has 3 N–H and O–H groups in total. The summed E-state index contributed by atoms with van der Waals surface area (Å²) in [6.45, 7) is -0.584. The SMILES string of the molecule is COc1ccc(-c2c(C(=O)O)c(CO)c(O)c3ccsc23)cc1OC. The van der Waals surface area contributed by atoms with Gasteiger partial charge in [-0.15, -0.1) is 11.3 Å². The van der Waals surface area contributed by atoms with Gasteiger partial charge in [-0.1, -0.05) is 6.07 Å². The summed E-state index contributed by atoms with van der Waals surface area (Å²) in [5.74, 6) is -0.453. The first-order chi connectivity index (χ1) is 12.0. The third-order valence-corrected chi connectivity index (χ3v) is 4.96. The van der Waals surface area contributed by atoms with E-state index in [0.29, 0.717) is 32.7 Å². The minimum Gasteiger partial charge on any atom is -0.507 e. The Morgan fingerprint density at radius 1 is 1.16 bits per heavy atom. The molecule has 0 saturated carbocycles. The molecule has 25 heavy (non-hydrogen) atoms. The second-order valence-electron chi connectivity index (χ2n) is 5.27. The zero-order valence-corrected chi connectivity index (χ0v) is 14.4. The van der Waals surface area contributed by atoms with Crippen LogP contribution in [0.3, 0.4) is 0 Å². The molecule has 3 aromatic rings. The van der Waals surface area contributed by atoms with Crippen LogP contribution in [0.1, 0.15) is 15.9 Å². The summed E-state index contributed by atoms with van der Waals surface area (Å²) in [7, 11) is 3.01. The Morgan fingerprint density at radius 3 is 2.48 bits per heavy atom. The number of thiophene rings is 1. The van der Waals surface area contributed by atoms with Crippen LogP contribution >= 0.6 is 11.3 Å². The van der Waals surface area contributed by atoms with Crippen molar-refractivity contribution in [2.24, 2.45) is 0 Å². The standard InChI is InChI=1S/C18H16O6S/c1-23-12-4-3-9(7-13(12)24-2)14-15(18(21)22)11(8-19)16(20)10-5-6-25-17(10)14/h3-7,19-20H,8H2,1-2H3,(H,21,22). The van der Waals surface area contributed by atoms with Crippen LogP contribution in [-0.4, -0.2) is 35.5 Å². The van der Waals surface area contributed by atoms with E-state index in [9.17, 15) is 20.1 Å². The molecule has 0 radical (unpaired) electrons. The Bertz CT molecular complexity index is 960. The average Bonchev–Trinajstić information content (AvgIpc) is 3.10. The number of aliphatic hydroxyl groups excluding tert-OH is 1. The molecule has 1 aromatic heterocycles. The fourth-order valence-electron chi connectivity index (χ4n) is 2.89. The first-order valence-electron chi connectivity index (χ1n) is 7.35. The molecule has 0 atom stereocenters. The van der Waals surface area contributed by atoms with Crippen molar-refractivity contribution in [3.63, 3.8) is 0 Å². The van der Waals surface area contributed by atoms with Crippen LogP contribution in [0, 0.1) is 0 Å². The van der Waals surface area contributed by atoms with E-state index in [-0.39, 0.29) is 16.9 Å². The molecule has 0 saturated heterocycles. The van der Waals surface area contributed by atoms with Gasteiger partial charge in [0.1, 0.15) is 5.75 Å². The molecule has 6 nitrogen and oxygen atoms in total. The Hall–Kier alpha value is -2.77. The molecular formula is C18H16O6S. The van der Waals surface area contributed by atoms with Crippen molar-refractivity contribution in [1.82, 2.24) is 0 Å². The van der Waals surface area contributed by atoms with Gasteiger partial charge in [0.2, 0.25) is 0 Å². The number of aromatic hydroxyl groups is 1. The quantitative estimate of drug-likeness (QED) is 0.645. The maximum Gasteiger partial charge on any atom is 0.336 e. The molecular weight excluding hydrogens is 344 g/mol. The number of aliphatic hydroxyl groups is 1. The van der Waals surface area contributed by atoms with E-state index in [1.807, 2.05) is 0 Å². The first-order valence-corrected chi connectivity index (χ1v) is 8.23. The van der Waals surface area contributed by atoms with Crippen molar-refractivity contribution in [2.45, 2.75) is 6.61 Å². The zero-order valence-electron chi connectivity index (χ0n) is 13.6. The highest BCUT2D eigenvalue weighted by Crippen LogP contribution is 2.45. The van der Waals surface area contributed by atoms with Crippen LogP contribution < -0.4 is 9.47 Å². The lowest BCUT2D eigenvalue weighted by Crippen LogP contribution is -2.06. The number of hydrogen-bond acceptors (Lipinski definition) is 6. The molecule has 0 spiro atoms. The van der Waals surface area contributed by atoms with Crippen LogP contribution in [0.5, 0.6) is 17.2 Å². The summed E-state index contributed by atoms with van der Waals surface area (Å²) in [5, 5.41) is 32.0. The maximum atomic E-state index is 11.9. The molecule has 0 aliphatic heterocycles. The number of benzene rings is 2. The number of methoxy groups -OCH3 is 2. The van der Waals surface area contributed by atoms with Gasteiger partial charge in [0.05, 0.1) is 26.4 Å². The number of rotatable bonds is 5. The van der Waals surface area contributed by atoms with Crippen LogP contribution in [0.4, 0.5) is 0 Å². The Labute approximate surface area is 147 Å². The number of carbonyl (C=O) groups is 1. The molecule has 0 fully saturated rings. The van der Waals surface area contributed by atoms with Crippen molar-refractivity contribution in [3.05, 3.63) is 40.8 Å². The number of phenols is 1. The summed E-state index contributed by atoms with van der Waals surface area (Å²) in [4.78, 5) is 11.9. The molecule has 0 aliphatic carbocycles. The van der Waals surface area contributed by atoms with Gasteiger partial charge in [0, 0.05) is 21.2 Å². The highest BCUT2D eigenvalue weighted by atomic mass is 32.1. The van der Waals surface area contributed by atoms with Gasteiger partial charge in [-0.3, -0.25) is 0 Å². The Morgan fingerprint density at radius 2 is 1.88 bits per heavy atom. The van der Waals surface area contributed by atoms with Crippen LogP contribution in [0.15, 0.2) is 29.6 Å². The predicted molar refractivity (Wildman–Crippen MR) is 94.9 cm³/mol. The lowest BCUT2D eigenvalue weighted by molar-refractivity contribution is 0.0693. The number of hydrogen-bond donors (Lipinski definition) is 3. The molecule has 0 aliphatic rings. The summed E-state index contributed by atoms with van der Waals surface area (Å²) in [6.07, 6.45) is 0. The van der Waals surface area contributed by atoms with Crippen LogP contribution in [0.25, 0.3) is 21.2 Å². The third-order valence-electron chi connectivity index (χ3n) is 4.03. The summed E-state index contributed by atoms with van der Waals surface area (Å²) >= 11 is 1.32. The van der Waals surface area contributed by atoms with E-state index in [0.717, 1.165) is 0 Å². The van der Waals surface area contributed by atoms with E-state index in [4.69, 9.17) is 9.47 Å². The number of aromatic carboxylic acids is 1. The van der Waals surface area contributed by atoms with Gasteiger partial charge in [0.25, 0.3) is 0 Å². The molecule has 3 rings (SSSR count). The molecule has 2 aromatic carbocycles. The van der Waals surface area contributed by atoms with E-state index in [2.05, 4.69) is 0 Å². The number of carboxylic acid groups (broad SMARTS) is 1. The fourth-order valence-corrected chi connectivity index (χ4v) is 3.86. The predicted octanol–water partition coefficient (Wildman–Crippen LogP) is 3.48. The highest BCUT2D eigenvalue weighted by Gasteiger charge is 2.25. The van der Waals surface area contributed by atoms with Gasteiger partial charge in [-0.2, -0.15) is 0 Å². The summed E-state index contributed by atoms with van der Waals surface area (Å²) < 4.78 is 11.2. The van der Waals surface area contributed by atoms with Gasteiger partial charge in [-0.25, -0.2) is 4.79 Å². The number of ether oxygens (including phenoxy) is 2. The zero-order chi connectivity index (χ0) is 18.1. The number of carboxylic acids is 1. The topological polar surface area (TPSA) is 96.2 Å². The van der Waals surface area contributed by atoms with Gasteiger partial charge in [-0.05, 0) is 29.1 Å². The molecule has 7 heteroatoms. The Kier molecular flexibility index (Phi) is 4.52. The smallest absolute Gasteiger partial charge is 0.336 e. The summed E-state index contributed by atoms with van der Waals surface area (Å²) in [6, 6.07) is 6.79. The maximum absolute atomic E-state index is 11.9. The van der Waals surface area contributed by atoms with Crippen molar-refractivity contribution < 1.29 is 29.6 Å². The normalized spacial score (nSPS) is 10.8. The number of fused-ring (bicyclic) bond motifs is 1. The molecule has 1 heterocycles. The van der Waals surface area contributed by atoms with Crippen molar-refractivity contribution in [1.29, 1.82) is 0 Å². The second-order valence-corrected chi connectivity index (χ2v) is 6.19. The molecule has 0 unspecified atom stereocenters. The van der Waals surface area contributed by atoms with Gasteiger partial charge in [0.15, 0.2) is 11.5 Å². The van der Waals surface area contributed by atoms with E-state index in [1.165, 1.54) is 25.6 Å². The lowest BCUT2D eigenvalue weighted by atomic mass is 9.92. The van der Waals surface area contributed by atoms with E-state index in [1.54, 1.807) is 29.6 Å². The van der Waals surface area contributed by atoms with Crippen molar-refractivity contribution >= 4 is 27.4 Å². The third kappa shape index (κ3) is 2.67. The van der Waals surface area contributed by atoms with Crippen molar-refractivity contribution in [3.8, 4) is 28.4 Å². The molecule has 130 valence electrons. The van der Waals surface area contributed by atoms with Gasteiger partial charge >= 0.3 is 5.97 Å². The summed E-state index contributed by atoms with van der Waals surface area (Å²) in [5.41, 5.74) is 0.892.